The molecule has 1 aliphatic heterocycles. The van der Waals surface area contributed by atoms with Crippen LogP contribution in [0.5, 0.6) is 0 Å². The first-order chi connectivity index (χ1) is 11.3. The first kappa shape index (κ1) is 17.4. The molecule has 0 saturated carbocycles. The molecule has 0 fully saturated rings. The Kier molecular flexibility index (Phi) is 4.94. The van der Waals surface area contributed by atoms with Crippen LogP contribution in [0.15, 0.2) is 30.6 Å². The van der Waals surface area contributed by atoms with Crippen molar-refractivity contribution >= 4 is 21.6 Å². The molecule has 1 aromatic heterocycles. The van der Waals surface area contributed by atoms with Crippen molar-refractivity contribution < 1.29 is 12.8 Å². The number of hydrogen-bond acceptors (Lipinski definition) is 3. The van der Waals surface area contributed by atoms with Gasteiger partial charge in [0.1, 0.15) is 11.6 Å². The number of fused-ring (bicyclic) bond motifs is 1. The van der Waals surface area contributed by atoms with E-state index in [2.05, 4.69) is 9.55 Å². The summed E-state index contributed by atoms with van der Waals surface area (Å²) in [6.45, 7) is 1.16. The van der Waals surface area contributed by atoms with E-state index in [0.29, 0.717) is 11.6 Å². The van der Waals surface area contributed by atoms with Crippen LogP contribution in [0, 0.1) is 11.7 Å². The summed E-state index contributed by atoms with van der Waals surface area (Å²) in [5, 5.41) is 0.323. The minimum atomic E-state index is -3.61. The highest BCUT2D eigenvalue weighted by Crippen LogP contribution is 2.22. The van der Waals surface area contributed by atoms with Crippen molar-refractivity contribution in [2.45, 2.75) is 25.1 Å². The molecule has 1 atom stereocenters. The molecular formula is C16H19ClFN3O2S. The van der Waals surface area contributed by atoms with Gasteiger partial charge in [-0.3, -0.25) is 0 Å². The molecule has 2 heterocycles. The molecule has 1 aromatic carbocycles. The maximum Gasteiger partial charge on any atom is 0.218 e. The number of aryl methyl sites for hydroxylation is 1. The van der Waals surface area contributed by atoms with E-state index < -0.39 is 15.8 Å². The largest absolute Gasteiger partial charge is 0.335 e. The molecule has 3 rings (SSSR count). The number of sulfonamides is 1. The predicted octanol–water partition coefficient (Wildman–Crippen LogP) is 2.70. The number of hydrogen-bond donors (Lipinski definition) is 0. The monoisotopic (exact) mass is 371 g/mol. The van der Waals surface area contributed by atoms with Crippen molar-refractivity contribution in [3.8, 4) is 0 Å². The second kappa shape index (κ2) is 6.82. The smallest absolute Gasteiger partial charge is 0.218 e. The maximum atomic E-state index is 13.8. The van der Waals surface area contributed by atoms with Crippen LogP contribution in [0.4, 0.5) is 4.39 Å². The van der Waals surface area contributed by atoms with Gasteiger partial charge in [0.15, 0.2) is 0 Å². The first-order valence-electron chi connectivity index (χ1n) is 7.73. The molecule has 0 spiro atoms. The van der Waals surface area contributed by atoms with Crippen molar-refractivity contribution in [2.75, 3.05) is 13.6 Å². The molecule has 0 amide bonds. The Hall–Kier alpha value is -1.44. The van der Waals surface area contributed by atoms with Crippen molar-refractivity contribution in [1.82, 2.24) is 13.9 Å². The van der Waals surface area contributed by atoms with E-state index >= 15 is 0 Å². The Bertz CT molecular complexity index is 838. The van der Waals surface area contributed by atoms with Gasteiger partial charge < -0.3 is 4.57 Å². The van der Waals surface area contributed by atoms with Crippen LogP contribution >= 0.6 is 11.6 Å². The van der Waals surface area contributed by atoms with Crippen LogP contribution in [0.1, 0.15) is 17.8 Å². The minimum Gasteiger partial charge on any atom is -0.335 e. The van der Waals surface area contributed by atoms with E-state index in [1.807, 2.05) is 6.20 Å². The molecule has 5 nitrogen and oxygen atoms in total. The van der Waals surface area contributed by atoms with Gasteiger partial charge in [-0.25, -0.2) is 22.1 Å². The lowest BCUT2D eigenvalue weighted by molar-refractivity contribution is 0.303. The molecule has 0 bridgehead atoms. The Morgan fingerprint density at radius 1 is 1.46 bits per heavy atom. The molecule has 0 unspecified atom stereocenters. The van der Waals surface area contributed by atoms with Gasteiger partial charge in [-0.1, -0.05) is 11.6 Å². The third-order valence-corrected chi connectivity index (χ3v) is 6.38. The highest BCUT2D eigenvalue weighted by Gasteiger charge is 2.26. The van der Waals surface area contributed by atoms with E-state index in [1.54, 1.807) is 13.2 Å². The average molecular weight is 372 g/mol. The summed E-state index contributed by atoms with van der Waals surface area (Å²) < 4.78 is 42.2. The number of nitrogens with zero attached hydrogens (tertiary/aromatic N) is 3. The highest BCUT2D eigenvalue weighted by molar-refractivity contribution is 7.88. The average Bonchev–Trinajstić information content (AvgIpc) is 2.98. The summed E-state index contributed by atoms with van der Waals surface area (Å²) in [6, 6.07) is 3.96. The zero-order valence-electron chi connectivity index (χ0n) is 13.3. The summed E-state index contributed by atoms with van der Waals surface area (Å²) in [5.74, 6) is 0.310. The van der Waals surface area contributed by atoms with Gasteiger partial charge in [0, 0.05) is 49.5 Å². The number of halogens is 2. The second-order valence-corrected chi connectivity index (χ2v) is 8.69. The summed E-state index contributed by atoms with van der Waals surface area (Å²) in [6.07, 6.45) is 5.41. The van der Waals surface area contributed by atoms with Gasteiger partial charge in [0.25, 0.3) is 0 Å². The molecule has 24 heavy (non-hydrogen) atoms. The lowest BCUT2D eigenvalue weighted by atomic mass is 10.00. The van der Waals surface area contributed by atoms with Crippen LogP contribution in [0.25, 0.3) is 0 Å². The third-order valence-electron chi connectivity index (χ3n) is 4.37. The second-order valence-electron chi connectivity index (χ2n) is 6.17. The predicted molar refractivity (Wildman–Crippen MR) is 90.7 cm³/mol. The van der Waals surface area contributed by atoms with Gasteiger partial charge in [0.05, 0.1) is 5.75 Å². The van der Waals surface area contributed by atoms with Crippen LogP contribution < -0.4 is 0 Å². The van der Waals surface area contributed by atoms with Gasteiger partial charge in [-0.05, 0) is 30.5 Å². The van der Waals surface area contributed by atoms with Crippen LogP contribution in [0.2, 0.25) is 5.02 Å². The molecule has 0 N–H and O–H groups in total. The third kappa shape index (κ3) is 3.79. The number of aromatic nitrogens is 2. The molecule has 8 heteroatoms. The standard InChI is InChI=1S/C16H19ClFN3O2S/c1-20(9-12-2-5-16-19-6-7-21(16)10-12)24(22,23)11-13-8-14(17)3-4-15(13)18/h3-4,6-8,12H,2,5,9-11H2,1H3/t12-/m0/s1. The summed E-state index contributed by atoms with van der Waals surface area (Å²) >= 11 is 5.83. The number of benzene rings is 1. The first-order valence-corrected chi connectivity index (χ1v) is 9.72. The molecule has 0 radical (unpaired) electrons. The topological polar surface area (TPSA) is 55.2 Å². The van der Waals surface area contributed by atoms with E-state index in [9.17, 15) is 12.8 Å². The molecular weight excluding hydrogens is 353 g/mol. The Balaban J connectivity index is 1.67. The Labute approximate surface area is 146 Å². The lowest BCUT2D eigenvalue weighted by Gasteiger charge is -2.27. The fourth-order valence-electron chi connectivity index (χ4n) is 3.02. The SMILES string of the molecule is CN(C[C@@H]1CCc2nccn2C1)S(=O)(=O)Cc1cc(Cl)ccc1F. The van der Waals surface area contributed by atoms with E-state index in [4.69, 9.17) is 11.6 Å². The zero-order valence-corrected chi connectivity index (χ0v) is 14.9. The summed E-state index contributed by atoms with van der Waals surface area (Å²) in [5.41, 5.74) is 0.0925. The lowest BCUT2D eigenvalue weighted by Crippen LogP contribution is -2.36. The van der Waals surface area contributed by atoms with Crippen molar-refractivity contribution in [3.05, 3.63) is 52.8 Å². The van der Waals surface area contributed by atoms with E-state index in [1.165, 1.54) is 22.5 Å². The molecule has 0 saturated heterocycles. The number of imidazole rings is 1. The zero-order chi connectivity index (χ0) is 17.3. The fraction of sp³-hybridized carbons (Fsp3) is 0.438. The summed E-state index contributed by atoms with van der Waals surface area (Å²) in [4.78, 5) is 4.27. The molecule has 130 valence electrons. The quantitative estimate of drug-likeness (QED) is 0.812. The van der Waals surface area contributed by atoms with Gasteiger partial charge in [0.2, 0.25) is 10.0 Å². The highest BCUT2D eigenvalue weighted by atomic mass is 35.5. The van der Waals surface area contributed by atoms with Gasteiger partial charge >= 0.3 is 0 Å². The van der Waals surface area contributed by atoms with Crippen molar-refractivity contribution in [2.24, 2.45) is 5.92 Å². The molecule has 2 aromatic rings. The molecule has 1 aliphatic rings. The number of rotatable bonds is 5. The maximum absolute atomic E-state index is 13.8. The summed E-state index contributed by atoms with van der Waals surface area (Å²) in [7, 11) is -2.06. The van der Waals surface area contributed by atoms with Gasteiger partial charge in [-0.15, -0.1) is 0 Å². The normalized spacial score (nSPS) is 17.9. The fourth-order valence-corrected chi connectivity index (χ4v) is 4.49. The van der Waals surface area contributed by atoms with Crippen LogP contribution in [0.3, 0.4) is 0 Å². The Morgan fingerprint density at radius 3 is 3.04 bits per heavy atom. The Morgan fingerprint density at radius 2 is 2.25 bits per heavy atom. The van der Waals surface area contributed by atoms with Crippen molar-refractivity contribution in [1.29, 1.82) is 0 Å². The van der Waals surface area contributed by atoms with Crippen molar-refractivity contribution in [3.63, 3.8) is 0 Å². The molecule has 0 aliphatic carbocycles. The van der Waals surface area contributed by atoms with E-state index in [0.717, 1.165) is 25.2 Å². The van der Waals surface area contributed by atoms with Gasteiger partial charge in [-0.2, -0.15) is 0 Å². The minimum absolute atomic E-state index is 0.0925. The van der Waals surface area contributed by atoms with Crippen LogP contribution in [-0.4, -0.2) is 35.9 Å². The van der Waals surface area contributed by atoms with E-state index in [-0.39, 0.29) is 17.2 Å². The van der Waals surface area contributed by atoms with Crippen LogP contribution in [-0.2, 0) is 28.7 Å².